The maximum absolute atomic E-state index is 13.5. The van der Waals surface area contributed by atoms with Crippen molar-refractivity contribution in [2.75, 3.05) is 0 Å². The number of fused-ring (bicyclic) bond motifs is 10. The average Bonchev–Trinajstić information content (AvgIpc) is 3.49. The van der Waals surface area contributed by atoms with Gasteiger partial charge in [0.25, 0.3) is 0 Å². The van der Waals surface area contributed by atoms with E-state index < -0.39 is 6.51 Å². The molecule has 0 aromatic heterocycles. The first kappa shape index (κ1) is 10.4. The van der Waals surface area contributed by atoms with E-state index in [2.05, 4.69) is 26.0 Å². The van der Waals surface area contributed by atoms with Gasteiger partial charge in [-0.05, 0) is 0 Å². The molecule has 10 rings (SSSR count). The Balaban J connectivity index is 1.39. The average molecular weight is 350 g/mol. The molecule has 23 heavy (non-hydrogen) atoms. The third-order valence-corrected chi connectivity index (χ3v) is 59.3. The standard InChI is InChI=1S/C15H17O2.C5H5.Fe/c1-3-5-10-14(16)12-8-7-9-13(12)15(17)11-6-4-2;1-2-4-5-3-1;/h5-11H,3-4H2,1-2H3;1-5H;. The Kier molecular flexibility index (Phi) is 0.466. The van der Waals surface area contributed by atoms with Crippen LogP contribution in [-0.2, 0) is 16.1 Å². The molecule has 10 saturated heterocycles. The van der Waals surface area contributed by atoms with Crippen LogP contribution in [0, 0.1) is 0 Å². The summed E-state index contributed by atoms with van der Waals surface area (Å²) in [6.07, 6.45) is 9.86. The van der Waals surface area contributed by atoms with Gasteiger partial charge in [-0.3, -0.25) is 0 Å². The number of rotatable bonds is 6. The molecule has 0 bridgehead atoms. The zero-order valence-corrected chi connectivity index (χ0v) is 14.6. The van der Waals surface area contributed by atoms with Crippen LogP contribution in [0.4, 0.5) is 0 Å². The molecule has 10 aliphatic rings. The maximum atomic E-state index is 13.5. The molecule has 0 N–H and O–H groups in total. The van der Waals surface area contributed by atoms with Crippen molar-refractivity contribution in [1.82, 2.24) is 0 Å². The van der Waals surface area contributed by atoms with E-state index in [9.17, 15) is 9.59 Å². The third kappa shape index (κ3) is 0.132. The predicted molar refractivity (Wildman–Crippen MR) is 84.3 cm³/mol. The molecule has 4 atom stereocenters. The predicted octanol–water partition coefficient (Wildman–Crippen LogP) is 5.19. The Morgan fingerprint density at radius 3 is 1.43 bits per heavy atom. The molecule has 0 radical (unpaired) electrons. The minimum atomic E-state index is -3.87. The number of hydrogen-bond donors (Lipinski definition) is 0. The molecule has 0 saturated carbocycles. The number of allylic oxidation sites excluding steroid dienone is 4. The van der Waals surface area contributed by atoms with Crippen LogP contribution in [0.1, 0.15) is 26.7 Å². The first-order valence-electron chi connectivity index (χ1n) is 9.53. The van der Waals surface area contributed by atoms with Gasteiger partial charge in [0.2, 0.25) is 0 Å². The van der Waals surface area contributed by atoms with Crippen molar-refractivity contribution in [3.63, 3.8) is 0 Å². The summed E-state index contributed by atoms with van der Waals surface area (Å²) >= 11 is 0. The number of carbonyl (C=O) groups is 2. The van der Waals surface area contributed by atoms with Crippen LogP contribution in [0.15, 0.2) is 24.3 Å². The van der Waals surface area contributed by atoms with Crippen molar-refractivity contribution in [2.24, 2.45) is 0 Å². The van der Waals surface area contributed by atoms with Crippen LogP contribution in [-0.4, -0.2) is 11.6 Å². The molecule has 10 heterocycles. The van der Waals surface area contributed by atoms with Crippen molar-refractivity contribution >= 4 is 11.6 Å². The van der Waals surface area contributed by atoms with Crippen LogP contribution >= 0.6 is 0 Å². The fourth-order valence-corrected chi connectivity index (χ4v) is 94.1. The second-order valence-electron chi connectivity index (χ2n) is 12.1. The van der Waals surface area contributed by atoms with E-state index in [1.165, 1.54) is 0 Å². The summed E-state index contributed by atoms with van der Waals surface area (Å²) < 4.78 is -0.0141. The molecule has 4 unspecified atom stereocenters. The van der Waals surface area contributed by atoms with E-state index in [1.54, 1.807) is 0 Å². The molecular formula is C20H22FeO2. The third-order valence-electron chi connectivity index (χ3n) is 16.6. The van der Waals surface area contributed by atoms with E-state index in [-0.39, 0.29) is 8.63 Å². The molecule has 3 heteroatoms. The SMILES string of the molecule is CCC=CC(=O)[C]12[CH]3[CH]4[CH]5[C]1(C(=O)C=CCC)[Fe]43521678[CH]2[CH]1[CH]6[CH]7[CH]28. The molecule has 10 aliphatic heterocycles. The van der Waals surface area contributed by atoms with Gasteiger partial charge in [0.05, 0.1) is 0 Å². The zero-order chi connectivity index (χ0) is 15.3. The summed E-state index contributed by atoms with van der Waals surface area (Å²) in [4.78, 5) is 34.7. The van der Waals surface area contributed by atoms with Gasteiger partial charge in [-0.1, -0.05) is 0 Å². The Morgan fingerprint density at radius 1 is 0.783 bits per heavy atom. The van der Waals surface area contributed by atoms with E-state index in [4.69, 9.17) is 0 Å². The second kappa shape index (κ2) is 1.04. The van der Waals surface area contributed by atoms with Gasteiger partial charge in [0.15, 0.2) is 0 Å². The van der Waals surface area contributed by atoms with Gasteiger partial charge in [0.1, 0.15) is 0 Å². The molecule has 10 fully saturated rings. The number of carbonyl (C=O) groups excluding carboxylic acids is 2. The fraction of sp³-hybridized carbons (Fsp3) is 0.700. The van der Waals surface area contributed by atoms with Gasteiger partial charge >= 0.3 is 126 Å². The molecule has 1 spiro atoms. The quantitative estimate of drug-likeness (QED) is 0.488. The number of ketones is 2. The van der Waals surface area contributed by atoms with Gasteiger partial charge in [-0.25, -0.2) is 0 Å². The van der Waals surface area contributed by atoms with Crippen molar-refractivity contribution in [3.8, 4) is 0 Å². The molecule has 0 amide bonds. The van der Waals surface area contributed by atoms with Crippen LogP contribution < -0.4 is 0 Å². The summed E-state index contributed by atoms with van der Waals surface area (Å²) in [6.45, 7) is 0.341. The van der Waals surface area contributed by atoms with Gasteiger partial charge in [0, 0.05) is 0 Å². The van der Waals surface area contributed by atoms with Crippen molar-refractivity contribution in [2.45, 2.75) is 73.8 Å². The summed E-state index contributed by atoms with van der Waals surface area (Å²) in [5, 5.41) is 0. The zero-order valence-electron chi connectivity index (χ0n) is 13.5. The van der Waals surface area contributed by atoms with E-state index in [0.717, 1.165) is 51.4 Å². The Bertz CT molecular complexity index is 1170. The molecular weight excluding hydrogens is 328 g/mol. The van der Waals surface area contributed by atoms with Crippen LogP contribution in [0.3, 0.4) is 0 Å². The van der Waals surface area contributed by atoms with Crippen LogP contribution in [0.2, 0.25) is 47.2 Å². The molecule has 0 aliphatic carbocycles. The summed E-state index contributed by atoms with van der Waals surface area (Å²) in [5.74, 6) is 0.915. The van der Waals surface area contributed by atoms with Crippen LogP contribution in [0.5, 0.6) is 0 Å². The second-order valence-corrected chi connectivity index (χ2v) is 35.3. The van der Waals surface area contributed by atoms with Crippen molar-refractivity contribution in [3.05, 3.63) is 24.3 Å². The normalized spacial score (nSPS) is 94.9. The van der Waals surface area contributed by atoms with Crippen molar-refractivity contribution in [1.29, 1.82) is 0 Å². The molecule has 0 aromatic rings. The van der Waals surface area contributed by atoms with E-state index in [0.29, 0.717) is 11.6 Å². The van der Waals surface area contributed by atoms with E-state index >= 15 is 0 Å². The topological polar surface area (TPSA) is 34.1 Å². The summed E-state index contributed by atoms with van der Waals surface area (Å²) in [7, 11) is 0. The first-order valence-corrected chi connectivity index (χ1v) is 15.7. The van der Waals surface area contributed by atoms with Gasteiger partial charge in [-0.15, -0.1) is 0 Å². The number of hydrogen-bond acceptors (Lipinski definition) is 2. The Morgan fingerprint density at radius 2 is 1.17 bits per heavy atom. The Hall–Kier alpha value is -0.661. The van der Waals surface area contributed by atoms with E-state index in [1.807, 2.05) is 12.2 Å². The Labute approximate surface area is 126 Å². The summed E-state index contributed by atoms with van der Waals surface area (Å²) in [6, 6.07) is 0. The molecule has 122 valence electrons. The summed E-state index contributed by atoms with van der Waals surface area (Å²) in [5.41, 5.74) is 0. The fourth-order valence-electron chi connectivity index (χ4n) is 18.6. The monoisotopic (exact) mass is 350 g/mol. The first-order chi connectivity index (χ1) is 10.9. The molecule has 2 nitrogen and oxygen atoms in total. The van der Waals surface area contributed by atoms with Crippen LogP contribution in [0.25, 0.3) is 0 Å². The van der Waals surface area contributed by atoms with Gasteiger partial charge in [-0.2, -0.15) is 0 Å². The minimum absolute atomic E-state index is 0.00704. The van der Waals surface area contributed by atoms with Gasteiger partial charge < -0.3 is 0 Å². The van der Waals surface area contributed by atoms with Crippen molar-refractivity contribution < 1.29 is 16.1 Å². The molecule has 0 aromatic carbocycles.